The standard InChI is InChI=1S/C17H14BrN3O3/c1-23-12-3-4-15(18)14(6-12)17(22)21-9-13(10-21)24-16-5-2-11(7-19)8-20-16/h2-6,8,13H,9-10H2,1H3. The Labute approximate surface area is 147 Å². The minimum absolute atomic E-state index is 0.0755. The molecule has 122 valence electrons. The summed E-state index contributed by atoms with van der Waals surface area (Å²) >= 11 is 3.39. The number of ether oxygens (including phenoxy) is 2. The van der Waals surface area contributed by atoms with Crippen LogP contribution >= 0.6 is 15.9 Å². The quantitative estimate of drug-likeness (QED) is 0.805. The number of halogens is 1. The Morgan fingerprint density at radius 1 is 1.38 bits per heavy atom. The Kier molecular flexibility index (Phi) is 4.67. The van der Waals surface area contributed by atoms with Crippen LogP contribution in [0, 0.1) is 11.3 Å². The van der Waals surface area contributed by atoms with Crippen molar-refractivity contribution in [3.63, 3.8) is 0 Å². The number of benzene rings is 1. The van der Waals surface area contributed by atoms with Crippen LogP contribution in [0.25, 0.3) is 0 Å². The Morgan fingerprint density at radius 3 is 2.79 bits per heavy atom. The number of nitrogens with zero attached hydrogens (tertiary/aromatic N) is 3. The molecule has 0 spiro atoms. The molecule has 3 rings (SSSR count). The van der Waals surface area contributed by atoms with Crippen LogP contribution in [-0.2, 0) is 0 Å². The number of pyridine rings is 1. The number of hydrogen-bond donors (Lipinski definition) is 0. The lowest BCUT2D eigenvalue weighted by Crippen LogP contribution is -2.56. The highest BCUT2D eigenvalue weighted by Gasteiger charge is 2.33. The second-order valence-corrected chi connectivity index (χ2v) is 6.15. The molecule has 1 amide bonds. The van der Waals surface area contributed by atoms with Crippen LogP contribution in [0.4, 0.5) is 0 Å². The molecule has 1 aliphatic rings. The van der Waals surface area contributed by atoms with Crippen molar-refractivity contribution in [1.29, 1.82) is 5.26 Å². The first-order chi connectivity index (χ1) is 11.6. The van der Waals surface area contributed by atoms with Gasteiger partial charge in [0.2, 0.25) is 5.88 Å². The highest BCUT2D eigenvalue weighted by Crippen LogP contribution is 2.26. The molecule has 1 fully saturated rings. The van der Waals surface area contributed by atoms with Crippen molar-refractivity contribution in [3.05, 3.63) is 52.1 Å². The summed E-state index contributed by atoms with van der Waals surface area (Å²) < 4.78 is 11.6. The van der Waals surface area contributed by atoms with Gasteiger partial charge in [0.05, 0.1) is 31.3 Å². The minimum atomic E-state index is -0.0984. The zero-order chi connectivity index (χ0) is 17.1. The van der Waals surface area contributed by atoms with E-state index in [2.05, 4.69) is 20.9 Å². The van der Waals surface area contributed by atoms with Crippen molar-refractivity contribution in [3.8, 4) is 17.7 Å². The van der Waals surface area contributed by atoms with Crippen molar-refractivity contribution in [2.24, 2.45) is 0 Å². The molecule has 0 unspecified atom stereocenters. The van der Waals surface area contributed by atoms with E-state index in [1.165, 1.54) is 6.20 Å². The molecule has 1 saturated heterocycles. The fourth-order valence-electron chi connectivity index (χ4n) is 2.33. The number of amides is 1. The maximum absolute atomic E-state index is 12.5. The van der Waals surface area contributed by atoms with Crippen molar-refractivity contribution in [2.75, 3.05) is 20.2 Å². The summed E-state index contributed by atoms with van der Waals surface area (Å²) in [7, 11) is 1.57. The highest BCUT2D eigenvalue weighted by molar-refractivity contribution is 9.10. The topological polar surface area (TPSA) is 75.4 Å². The van der Waals surface area contributed by atoms with Gasteiger partial charge in [0.1, 0.15) is 17.9 Å². The zero-order valence-electron chi connectivity index (χ0n) is 12.9. The number of methoxy groups -OCH3 is 1. The summed E-state index contributed by atoms with van der Waals surface area (Å²) in [4.78, 5) is 18.3. The molecule has 1 aliphatic heterocycles. The second-order valence-electron chi connectivity index (χ2n) is 5.29. The van der Waals surface area contributed by atoms with Crippen LogP contribution in [-0.4, -0.2) is 42.1 Å². The molecular formula is C17H14BrN3O3. The Balaban J connectivity index is 1.60. The van der Waals surface area contributed by atoms with Crippen LogP contribution in [0.1, 0.15) is 15.9 Å². The fourth-order valence-corrected chi connectivity index (χ4v) is 2.75. The van der Waals surface area contributed by atoms with Crippen molar-refractivity contribution < 1.29 is 14.3 Å². The molecule has 1 aromatic carbocycles. The minimum Gasteiger partial charge on any atom is -0.497 e. The van der Waals surface area contributed by atoms with Gasteiger partial charge in [-0.3, -0.25) is 4.79 Å². The number of carbonyl (C=O) groups excluding carboxylic acids is 1. The van der Waals surface area contributed by atoms with Crippen LogP contribution in [0.2, 0.25) is 0 Å². The number of nitriles is 1. The van der Waals surface area contributed by atoms with Crippen LogP contribution in [0.15, 0.2) is 41.0 Å². The lowest BCUT2D eigenvalue weighted by molar-refractivity contribution is 0.0159. The fraction of sp³-hybridized carbons (Fsp3) is 0.235. The number of rotatable bonds is 4. The number of carbonyl (C=O) groups is 1. The maximum atomic E-state index is 12.5. The van der Waals surface area contributed by atoms with Gasteiger partial charge in [-0.25, -0.2) is 4.98 Å². The Bertz CT molecular complexity index is 796. The molecule has 2 heterocycles. The van der Waals surface area contributed by atoms with Gasteiger partial charge in [0.15, 0.2) is 0 Å². The van der Waals surface area contributed by atoms with Gasteiger partial charge in [0.25, 0.3) is 5.91 Å². The van der Waals surface area contributed by atoms with Crippen LogP contribution < -0.4 is 9.47 Å². The second kappa shape index (κ2) is 6.89. The van der Waals surface area contributed by atoms with E-state index in [1.54, 1.807) is 42.3 Å². The van der Waals surface area contributed by atoms with Gasteiger partial charge in [-0.2, -0.15) is 5.26 Å². The monoisotopic (exact) mass is 387 g/mol. The van der Waals surface area contributed by atoms with E-state index in [9.17, 15) is 4.79 Å². The molecular weight excluding hydrogens is 374 g/mol. The molecule has 0 atom stereocenters. The lowest BCUT2D eigenvalue weighted by atomic mass is 10.1. The molecule has 0 aliphatic carbocycles. The van der Waals surface area contributed by atoms with Crippen molar-refractivity contribution in [2.45, 2.75) is 6.10 Å². The van der Waals surface area contributed by atoms with E-state index in [0.29, 0.717) is 35.8 Å². The molecule has 7 heteroatoms. The average Bonchev–Trinajstić information content (AvgIpc) is 2.58. The third-order valence-electron chi connectivity index (χ3n) is 3.69. The molecule has 0 N–H and O–H groups in total. The first-order valence-corrected chi connectivity index (χ1v) is 8.05. The van der Waals surface area contributed by atoms with Gasteiger partial charge >= 0.3 is 0 Å². The molecule has 0 bridgehead atoms. The number of hydrogen-bond acceptors (Lipinski definition) is 5. The Morgan fingerprint density at radius 2 is 2.17 bits per heavy atom. The van der Waals surface area contributed by atoms with Gasteiger partial charge in [-0.05, 0) is 40.2 Å². The highest BCUT2D eigenvalue weighted by atomic mass is 79.9. The van der Waals surface area contributed by atoms with Gasteiger partial charge < -0.3 is 14.4 Å². The summed E-state index contributed by atoms with van der Waals surface area (Å²) in [6.45, 7) is 0.980. The van der Waals surface area contributed by atoms with E-state index in [0.717, 1.165) is 4.47 Å². The zero-order valence-corrected chi connectivity index (χ0v) is 14.5. The largest absolute Gasteiger partial charge is 0.497 e. The first kappa shape index (κ1) is 16.3. The van der Waals surface area contributed by atoms with E-state index >= 15 is 0 Å². The smallest absolute Gasteiger partial charge is 0.255 e. The summed E-state index contributed by atoms with van der Waals surface area (Å²) in [5.41, 5.74) is 1.04. The predicted molar refractivity (Wildman–Crippen MR) is 90.0 cm³/mol. The summed E-state index contributed by atoms with van der Waals surface area (Å²) in [5.74, 6) is 1.01. The molecule has 1 aromatic heterocycles. The van der Waals surface area contributed by atoms with E-state index in [-0.39, 0.29) is 12.0 Å². The van der Waals surface area contributed by atoms with Crippen molar-refractivity contribution in [1.82, 2.24) is 9.88 Å². The maximum Gasteiger partial charge on any atom is 0.255 e. The average molecular weight is 388 g/mol. The first-order valence-electron chi connectivity index (χ1n) is 7.26. The summed E-state index contributed by atoms with van der Waals surface area (Å²) in [5, 5.41) is 8.74. The van der Waals surface area contributed by atoms with Crippen LogP contribution in [0.5, 0.6) is 11.6 Å². The molecule has 0 radical (unpaired) electrons. The van der Waals surface area contributed by atoms with E-state index in [4.69, 9.17) is 14.7 Å². The third-order valence-corrected chi connectivity index (χ3v) is 4.38. The molecule has 0 saturated carbocycles. The Hall–Kier alpha value is -2.59. The van der Waals surface area contributed by atoms with E-state index < -0.39 is 0 Å². The third kappa shape index (κ3) is 3.34. The lowest BCUT2D eigenvalue weighted by Gasteiger charge is -2.38. The normalized spacial score (nSPS) is 13.8. The van der Waals surface area contributed by atoms with Gasteiger partial charge in [-0.15, -0.1) is 0 Å². The number of aromatic nitrogens is 1. The van der Waals surface area contributed by atoms with Gasteiger partial charge in [-0.1, -0.05) is 0 Å². The summed E-state index contributed by atoms with van der Waals surface area (Å²) in [6, 6.07) is 10.6. The van der Waals surface area contributed by atoms with Gasteiger partial charge in [0, 0.05) is 16.7 Å². The molecule has 2 aromatic rings. The van der Waals surface area contributed by atoms with E-state index in [1.807, 2.05) is 6.07 Å². The van der Waals surface area contributed by atoms with Crippen molar-refractivity contribution >= 4 is 21.8 Å². The predicted octanol–water partition coefficient (Wildman–Crippen LogP) is 2.63. The summed E-state index contributed by atoms with van der Waals surface area (Å²) in [6.07, 6.45) is 1.36. The molecule has 24 heavy (non-hydrogen) atoms. The SMILES string of the molecule is COc1ccc(Br)c(C(=O)N2CC(Oc3ccc(C#N)cn3)C2)c1. The number of likely N-dealkylation sites (tertiary alicyclic amines) is 1. The molecule has 6 nitrogen and oxygen atoms in total. The van der Waals surface area contributed by atoms with Crippen LogP contribution in [0.3, 0.4) is 0 Å².